The Morgan fingerprint density at radius 3 is 2.72 bits per heavy atom. The molecule has 0 bridgehead atoms. The molecule has 1 aliphatic heterocycles. The summed E-state index contributed by atoms with van der Waals surface area (Å²) in [5.74, 6) is 1.64. The number of rotatable bonds is 7. The van der Waals surface area contributed by atoms with Gasteiger partial charge in [-0.15, -0.1) is 0 Å². The molecule has 1 aromatic carbocycles. The molecule has 2 N–H and O–H groups in total. The molecule has 1 saturated heterocycles. The van der Waals surface area contributed by atoms with Gasteiger partial charge in [0.15, 0.2) is 0 Å². The maximum absolute atomic E-state index is 5.61. The molecule has 5 nitrogen and oxygen atoms in total. The highest BCUT2D eigenvalue weighted by Crippen LogP contribution is 2.39. The van der Waals surface area contributed by atoms with Crippen molar-refractivity contribution in [1.82, 2.24) is 14.7 Å². The summed E-state index contributed by atoms with van der Waals surface area (Å²) in [5.41, 5.74) is 1.35. The Morgan fingerprint density at radius 2 is 2.00 bits per heavy atom. The summed E-state index contributed by atoms with van der Waals surface area (Å²) < 4.78 is 10.1. The third-order valence-electron chi connectivity index (χ3n) is 5.23. The number of nitrogens with one attached hydrogen (secondary N) is 2. The van der Waals surface area contributed by atoms with Crippen molar-refractivity contribution in [3.8, 4) is 0 Å². The zero-order chi connectivity index (χ0) is 17.1. The molecule has 0 amide bonds. The summed E-state index contributed by atoms with van der Waals surface area (Å²) in [6.07, 6.45) is 4.50. The van der Waals surface area contributed by atoms with Gasteiger partial charge in [0.05, 0.1) is 0 Å². The second kappa shape index (κ2) is 7.40. The standard InChI is InChI=1S/C19H26N4OS/c1-14(15-5-3-2-4-6-15)22-19(9-11-24-12-10-19)13-20-18-21-17(23-25-18)16-7-8-16/h2-6,14,16,22H,7-13H2,1H3,(H,20,21,23). The summed E-state index contributed by atoms with van der Waals surface area (Å²) in [5, 5.41) is 8.36. The van der Waals surface area contributed by atoms with E-state index >= 15 is 0 Å². The summed E-state index contributed by atoms with van der Waals surface area (Å²) in [6.45, 7) is 4.70. The molecule has 134 valence electrons. The fourth-order valence-corrected chi connectivity index (χ4v) is 4.12. The lowest BCUT2D eigenvalue weighted by molar-refractivity contribution is 0.0389. The molecule has 4 rings (SSSR count). The van der Waals surface area contributed by atoms with Crippen LogP contribution in [0.2, 0.25) is 0 Å². The molecule has 0 radical (unpaired) electrons. The van der Waals surface area contributed by atoms with Gasteiger partial charge in [0.2, 0.25) is 5.13 Å². The molecule has 1 aromatic heterocycles. The van der Waals surface area contributed by atoms with Crippen LogP contribution in [-0.2, 0) is 4.74 Å². The van der Waals surface area contributed by atoms with Crippen molar-refractivity contribution < 1.29 is 4.74 Å². The Balaban J connectivity index is 1.42. The molecule has 0 spiro atoms. The van der Waals surface area contributed by atoms with Gasteiger partial charge in [-0.3, -0.25) is 0 Å². The van der Waals surface area contributed by atoms with Crippen molar-refractivity contribution in [1.29, 1.82) is 0 Å². The average molecular weight is 359 g/mol. The fraction of sp³-hybridized carbons (Fsp3) is 0.579. The van der Waals surface area contributed by atoms with Crippen LogP contribution in [0, 0.1) is 0 Å². The number of hydrogen-bond donors (Lipinski definition) is 2. The lowest BCUT2D eigenvalue weighted by atomic mass is 9.88. The van der Waals surface area contributed by atoms with Gasteiger partial charge in [-0.2, -0.15) is 4.37 Å². The van der Waals surface area contributed by atoms with E-state index in [9.17, 15) is 0 Å². The number of anilines is 1. The normalized spacial score (nSPS) is 21.0. The van der Waals surface area contributed by atoms with Gasteiger partial charge >= 0.3 is 0 Å². The quantitative estimate of drug-likeness (QED) is 0.790. The van der Waals surface area contributed by atoms with Gasteiger partial charge in [0.25, 0.3) is 0 Å². The van der Waals surface area contributed by atoms with Crippen LogP contribution < -0.4 is 10.6 Å². The lowest BCUT2D eigenvalue weighted by Gasteiger charge is -2.40. The Labute approximate surface area is 153 Å². The Bertz CT molecular complexity index is 680. The number of hydrogen-bond acceptors (Lipinski definition) is 6. The lowest BCUT2D eigenvalue weighted by Crippen LogP contribution is -2.54. The largest absolute Gasteiger partial charge is 0.381 e. The zero-order valence-corrected chi connectivity index (χ0v) is 15.5. The van der Waals surface area contributed by atoms with Crippen molar-refractivity contribution in [3.63, 3.8) is 0 Å². The van der Waals surface area contributed by atoms with Crippen molar-refractivity contribution in [3.05, 3.63) is 41.7 Å². The van der Waals surface area contributed by atoms with Crippen LogP contribution in [0.25, 0.3) is 0 Å². The predicted octanol–water partition coefficient (Wildman–Crippen LogP) is 3.73. The Morgan fingerprint density at radius 1 is 1.24 bits per heavy atom. The van der Waals surface area contributed by atoms with E-state index in [1.54, 1.807) is 0 Å². The average Bonchev–Trinajstić information content (AvgIpc) is 3.40. The van der Waals surface area contributed by atoms with Gasteiger partial charge in [-0.1, -0.05) is 30.3 Å². The highest BCUT2D eigenvalue weighted by atomic mass is 32.1. The molecule has 2 aromatic rings. The van der Waals surface area contributed by atoms with E-state index in [1.807, 2.05) is 0 Å². The maximum atomic E-state index is 5.61. The third-order valence-corrected chi connectivity index (χ3v) is 5.92. The highest BCUT2D eigenvalue weighted by molar-refractivity contribution is 7.09. The van der Waals surface area contributed by atoms with E-state index in [1.165, 1.54) is 29.9 Å². The smallest absolute Gasteiger partial charge is 0.202 e. The maximum Gasteiger partial charge on any atom is 0.202 e. The molecule has 2 heterocycles. The van der Waals surface area contributed by atoms with Crippen LogP contribution >= 0.6 is 11.5 Å². The molecular weight excluding hydrogens is 332 g/mol. The first-order valence-corrected chi connectivity index (χ1v) is 9.99. The van der Waals surface area contributed by atoms with Gasteiger partial charge in [-0.05, 0) is 38.2 Å². The van der Waals surface area contributed by atoms with Crippen LogP contribution in [0.3, 0.4) is 0 Å². The minimum atomic E-state index is 0.0267. The predicted molar refractivity (Wildman–Crippen MR) is 101 cm³/mol. The first-order valence-electron chi connectivity index (χ1n) is 9.22. The van der Waals surface area contributed by atoms with E-state index in [0.717, 1.165) is 43.6 Å². The molecule has 6 heteroatoms. The number of ether oxygens (including phenoxy) is 1. The van der Waals surface area contributed by atoms with Crippen LogP contribution in [-0.4, -0.2) is 34.7 Å². The van der Waals surface area contributed by atoms with E-state index in [4.69, 9.17) is 4.74 Å². The number of benzene rings is 1. The van der Waals surface area contributed by atoms with Crippen molar-refractivity contribution in [2.45, 2.75) is 50.1 Å². The van der Waals surface area contributed by atoms with Gasteiger partial charge in [0, 0.05) is 48.8 Å². The first-order chi connectivity index (χ1) is 12.2. The van der Waals surface area contributed by atoms with E-state index < -0.39 is 0 Å². The summed E-state index contributed by atoms with van der Waals surface area (Å²) in [7, 11) is 0. The monoisotopic (exact) mass is 358 g/mol. The van der Waals surface area contributed by atoms with Crippen molar-refractivity contribution >= 4 is 16.7 Å². The van der Waals surface area contributed by atoms with Crippen LogP contribution in [0.1, 0.15) is 56.0 Å². The van der Waals surface area contributed by atoms with E-state index in [0.29, 0.717) is 12.0 Å². The second-order valence-electron chi connectivity index (χ2n) is 7.25. The minimum Gasteiger partial charge on any atom is -0.381 e. The first kappa shape index (κ1) is 16.9. The van der Waals surface area contributed by atoms with Crippen molar-refractivity contribution in [2.75, 3.05) is 25.1 Å². The fourth-order valence-electron chi connectivity index (χ4n) is 3.48. The molecule has 1 atom stereocenters. The topological polar surface area (TPSA) is 59.1 Å². The van der Waals surface area contributed by atoms with Crippen molar-refractivity contribution in [2.24, 2.45) is 0 Å². The molecule has 2 aliphatic rings. The van der Waals surface area contributed by atoms with E-state index in [2.05, 4.69) is 57.2 Å². The van der Waals surface area contributed by atoms with Gasteiger partial charge in [0.1, 0.15) is 5.82 Å². The zero-order valence-electron chi connectivity index (χ0n) is 14.7. The Hall–Kier alpha value is -1.50. The molecule has 25 heavy (non-hydrogen) atoms. The Kier molecular flexibility index (Phi) is 5.01. The second-order valence-corrected chi connectivity index (χ2v) is 8.01. The van der Waals surface area contributed by atoms with Crippen LogP contribution in [0.15, 0.2) is 30.3 Å². The molecule has 1 aliphatic carbocycles. The minimum absolute atomic E-state index is 0.0267. The van der Waals surface area contributed by atoms with Crippen LogP contribution in [0.5, 0.6) is 0 Å². The van der Waals surface area contributed by atoms with Gasteiger partial charge in [-0.25, -0.2) is 4.98 Å². The SMILES string of the molecule is CC(NC1(CNc2nc(C3CC3)ns2)CCOCC1)c1ccccc1. The van der Waals surface area contributed by atoms with E-state index in [-0.39, 0.29) is 5.54 Å². The molecule has 2 fully saturated rings. The summed E-state index contributed by atoms with van der Waals surface area (Å²) in [6, 6.07) is 10.9. The summed E-state index contributed by atoms with van der Waals surface area (Å²) in [4.78, 5) is 4.66. The van der Waals surface area contributed by atoms with Crippen LogP contribution in [0.4, 0.5) is 5.13 Å². The molecular formula is C19H26N4OS. The number of aromatic nitrogens is 2. The third kappa shape index (κ3) is 4.19. The highest BCUT2D eigenvalue weighted by Gasteiger charge is 2.34. The number of nitrogens with zero attached hydrogens (tertiary/aromatic N) is 2. The molecule has 1 saturated carbocycles. The summed E-state index contributed by atoms with van der Waals surface area (Å²) >= 11 is 1.49. The van der Waals surface area contributed by atoms with Gasteiger partial charge < -0.3 is 15.4 Å². The molecule has 1 unspecified atom stereocenters.